The first-order chi connectivity index (χ1) is 13.4. The standard InChI is InChI=1S/C21H25N3O3S/c1-15-7-10-22-14-20(15)23-21(25)17-8-11-24(12-9-17)28(26,27)19-6-5-16-3-2-4-18(16)13-19/h5-7,10,13-14,17H,2-4,8-9,11-12H2,1H3,(H,23,25). The van der Waals surface area contributed by atoms with E-state index in [1.165, 1.54) is 9.87 Å². The van der Waals surface area contributed by atoms with Gasteiger partial charge < -0.3 is 5.32 Å². The molecule has 0 unspecified atom stereocenters. The summed E-state index contributed by atoms with van der Waals surface area (Å²) in [6.07, 6.45) is 7.45. The predicted molar refractivity (Wildman–Crippen MR) is 108 cm³/mol. The highest BCUT2D eigenvalue weighted by molar-refractivity contribution is 7.89. The molecule has 0 spiro atoms. The lowest BCUT2D eigenvalue weighted by Gasteiger charge is -2.30. The minimum atomic E-state index is -3.51. The summed E-state index contributed by atoms with van der Waals surface area (Å²) in [5.41, 5.74) is 4.09. The van der Waals surface area contributed by atoms with Gasteiger partial charge in [0.15, 0.2) is 0 Å². The number of anilines is 1. The van der Waals surface area contributed by atoms with E-state index >= 15 is 0 Å². The number of benzene rings is 1. The zero-order valence-corrected chi connectivity index (χ0v) is 16.8. The molecule has 0 saturated carbocycles. The number of piperidine rings is 1. The average Bonchev–Trinajstić information content (AvgIpc) is 3.17. The highest BCUT2D eigenvalue weighted by Crippen LogP contribution is 2.29. The van der Waals surface area contributed by atoms with E-state index in [0.717, 1.165) is 30.4 Å². The molecular formula is C21H25N3O3S. The molecule has 6 nitrogen and oxygen atoms in total. The zero-order valence-electron chi connectivity index (χ0n) is 16.0. The number of rotatable bonds is 4. The normalized spacial score (nSPS) is 18.0. The SMILES string of the molecule is Cc1ccncc1NC(=O)C1CCN(S(=O)(=O)c2ccc3c(c2)CCC3)CC1. The molecule has 1 fully saturated rings. The van der Waals surface area contributed by atoms with Crippen LogP contribution in [0.1, 0.15) is 36.0 Å². The predicted octanol–water partition coefficient (Wildman–Crippen LogP) is 2.92. The van der Waals surface area contributed by atoms with Crippen molar-refractivity contribution in [2.75, 3.05) is 18.4 Å². The third-order valence-electron chi connectivity index (χ3n) is 5.83. The molecule has 1 N–H and O–H groups in total. The summed E-state index contributed by atoms with van der Waals surface area (Å²) in [7, 11) is -3.51. The fraction of sp³-hybridized carbons (Fsp3) is 0.429. The van der Waals surface area contributed by atoms with Gasteiger partial charge in [0, 0.05) is 25.2 Å². The number of hydrogen-bond acceptors (Lipinski definition) is 4. The van der Waals surface area contributed by atoms with Gasteiger partial charge in [-0.15, -0.1) is 0 Å². The minimum Gasteiger partial charge on any atom is -0.324 e. The van der Waals surface area contributed by atoms with Crippen LogP contribution in [-0.4, -0.2) is 36.7 Å². The molecule has 4 rings (SSSR count). The van der Waals surface area contributed by atoms with E-state index in [2.05, 4.69) is 10.3 Å². The van der Waals surface area contributed by atoms with Gasteiger partial charge in [-0.05, 0) is 73.9 Å². The molecule has 1 aromatic carbocycles. The van der Waals surface area contributed by atoms with E-state index in [-0.39, 0.29) is 11.8 Å². The van der Waals surface area contributed by atoms with Crippen molar-refractivity contribution in [2.45, 2.75) is 43.9 Å². The van der Waals surface area contributed by atoms with E-state index < -0.39 is 10.0 Å². The first kappa shape index (κ1) is 19.1. The summed E-state index contributed by atoms with van der Waals surface area (Å²) >= 11 is 0. The number of carbonyl (C=O) groups excluding carboxylic acids is 1. The topological polar surface area (TPSA) is 79.4 Å². The van der Waals surface area contributed by atoms with E-state index in [9.17, 15) is 13.2 Å². The summed E-state index contributed by atoms with van der Waals surface area (Å²) < 4.78 is 27.5. The number of amides is 1. The van der Waals surface area contributed by atoms with Crippen molar-refractivity contribution < 1.29 is 13.2 Å². The van der Waals surface area contributed by atoms with Crippen LogP contribution in [0.2, 0.25) is 0 Å². The van der Waals surface area contributed by atoms with Gasteiger partial charge in [-0.25, -0.2) is 8.42 Å². The maximum absolute atomic E-state index is 13.0. The number of aromatic nitrogens is 1. The van der Waals surface area contributed by atoms with Crippen LogP contribution in [0.15, 0.2) is 41.6 Å². The maximum atomic E-state index is 13.0. The lowest BCUT2D eigenvalue weighted by Crippen LogP contribution is -2.41. The molecule has 7 heteroatoms. The number of pyridine rings is 1. The van der Waals surface area contributed by atoms with Gasteiger partial charge in [-0.1, -0.05) is 6.07 Å². The Morgan fingerprint density at radius 3 is 2.64 bits per heavy atom. The molecule has 1 aromatic heterocycles. The van der Waals surface area contributed by atoms with Gasteiger partial charge in [0.2, 0.25) is 15.9 Å². The molecule has 28 heavy (non-hydrogen) atoms. The van der Waals surface area contributed by atoms with Crippen molar-refractivity contribution >= 4 is 21.6 Å². The maximum Gasteiger partial charge on any atom is 0.243 e. The van der Waals surface area contributed by atoms with Crippen LogP contribution < -0.4 is 5.32 Å². The Morgan fingerprint density at radius 2 is 1.89 bits per heavy atom. The zero-order chi connectivity index (χ0) is 19.7. The summed E-state index contributed by atoms with van der Waals surface area (Å²) in [4.78, 5) is 17.0. The smallest absolute Gasteiger partial charge is 0.243 e. The molecular weight excluding hydrogens is 374 g/mol. The van der Waals surface area contributed by atoms with Gasteiger partial charge in [0.05, 0.1) is 16.8 Å². The van der Waals surface area contributed by atoms with Crippen LogP contribution in [0.4, 0.5) is 5.69 Å². The van der Waals surface area contributed by atoms with Gasteiger partial charge >= 0.3 is 0 Å². The molecule has 1 amide bonds. The molecule has 0 atom stereocenters. The highest BCUT2D eigenvalue weighted by atomic mass is 32.2. The van der Waals surface area contributed by atoms with Gasteiger partial charge in [-0.2, -0.15) is 4.31 Å². The van der Waals surface area contributed by atoms with Gasteiger partial charge in [0.1, 0.15) is 0 Å². The molecule has 0 bridgehead atoms. The Kier molecular flexibility index (Phi) is 5.21. The number of hydrogen-bond donors (Lipinski definition) is 1. The fourth-order valence-corrected chi connectivity index (χ4v) is 5.57. The number of aryl methyl sites for hydroxylation is 3. The number of sulfonamides is 1. The molecule has 2 aromatic rings. The lowest BCUT2D eigenvalue weighted by atomic mass is 9.97. The van der Waals surface area contributed by atoms with Crippen LogP contribution >= 0.6 is 0 Å². The monoisotopic (exact) mass is 399 g/mol. The van der Waals surface area contributed by atoms with Crippen molar-refractivity contribution in [2.24, 2.45) is 5.92 Å². The quantitative estimate of drug-likeness (QED) is 0.857. The first-order valence-electron chi connectivity index (χ1n) is 9.78. The van der Waals surface area contributed by atoms with Crippen LogP contribution in [0.25, 0.3) is 0 Å². The second-order valence-electron chi connectivity index (χ2n) is 7.64. The molecule has 1 saturated heterocycles. The fourth-order valence-electron chi connectivity index (χ4n) is 4.05. The first-order valence-corrected chi connectivity index (χ1v) is 11.2. The van der Waals surface area contributed by atoms with Crippen molar-refractivity contribution in [3.05, 3.63) is 53.3 Å². The Hall–Kier alpha value is -2.25. The third kappa shape index (κ3) is 3.69. The molecule has 2 heterocycles. The minimum absolute atomic E-state index is 0.0642. The number of nitrogens with zero attached hydrogens (tertiary/aromatic N) is 2. The summed E-state index contributed by atoms with van der Waals surface area (Å²) in [5, 5.41) is 2.92. The summed E-state index contributed by atoms with van der Waals surface area (Å²) in [6, 6.07) is 7.36. The van der Waals surface area contributed by atoms with E-state index in [0.29, 0.717) is 36.5 Å². The van der Waals surface area contributed by atoms with E-state index in [1.807, 2.05) is 25.1 Å². The molecule has 1 aliphatic carbocycles. The van der Waals surface area contributed by atoms with Crippen LogP contribution in [0, 0.1) is 12.8 Å². The third-order valence-corrected chi connectivity index (χ3v) is 7.72. The van der Waals surface area contributed by atoms with E-state index in [1.54, 1.807) is 18.5 Å². The Morgan fingerprint density at radius 1 is 1.14 bits per heavy atom. The Balaban J connectivity index is 1.41. The second-order valence-corrected chi connectivity index (χ2v) is 9.58. The van der Waals surface area contributed by atoms with Crippen molar-refractivity contribution in [3.8, 4) is 0 Å². The van der Waals surface area contributed by atoms with Gasteiger partial charge in [0.25, 0.3) is 0 Å². The Labute approximate surface area is 166 Å². The average molecular weight is 400 g/mol. The van der Waals surface area contributed by atoms with Crippen molar-refractivity contribution in [1.29, 1.82) is 0 Å². The highest BCUT2D eigenvalue weighted by Gasteiger charge is 2.32. The lowest BCUT2D eigenvalue weighted by molar-refractivity contribution is -0.120. The number of nitrogens with one attached hydrogen (secondary N) is 1. The van der Waals surface area contributed by atoms with Crippen LogP contribution in [-0.2, 0) is 27.7 Å². The molecule has 148 valence electrons. The molecule has 1 aliphatic heterocycles. The molecule has 2 aliphatic rings. The second kappa shape index (κ2) is 7.64. The van der Waals surface area contributed by atoms with Crippen LogP contribution in [0.3, 0.4) is 0 Å². The number of carbonyl (C=O) groups is 1. The molecule has 0 radical (unpaired) electrons. The van der Waals surface area contributed by atoms with Crippen molar-refractivity contribution in [1.82, 2.24) is 9.29 Å². The summed E-state index contributed by atoms with van der Waals surface area (Å²) in [6.45, 7) is 2.65. The Bertz CT molecular complexity index is 996. The number of fused-ring (bicyclic) bond motifs is 1. The summed E-state index contributed by atoms with van der Waals surface area (Å²) in [5.74, 6) is -0.253. The van der Waals surface area contributed by atoms with E-state index in [4.69, 9.17) is 0 Å². The van der Waals surface area contributed by atoms with Crippen LogP contribution in [0.5, 0.6) is 0 Å². The van der Waals surface area contributed by atoms with Gasteiger partial charge in [-0.3, -0.25) is 9.78 Å². The largest absolute Gasteiger partial charge is 0.324 e. The van der Waals surface area contributed by atoms with Crippen molar-refractivity contribution in [3.63, 3.8) is 0 Å².